The van der Waals surface area contributed by atoms with Crippen LogP contribution in [0.2, 0.25) is 5.02 Å². The fraction of sp³-hybridized carbons (Fsp3) is 0.500. The van der Waals surface area contributed by atoms with Crippen molar-refractivity contribution in [2.45, 2.75) is 38.5 Å². The topological polar surface area (TPSA) is 32.3 Å². The summed E-state index contributed by atoms with van der Waals surface area (Å²) in [4.78, 5) is 13.4. The van der Waals surface area contributed by atoms with E-state index in [0.29, 0.717) is 6.42 Å². The van der Waals surface area contributed by atoms with Gasteiger partial charge in [-0.1, -0.05) is 25.4 Å². The zero-order valence-corrected chi connectivity index (χ0v) is 12.4. The van der Waals surface area contributed by atoms with Crippen molar-refractivity contribution in [3.05, 3.63) is 28.8 Å². The quantitative estimate of drug-likeness (QED) is 0.925. The van der Waals surface area contributed by atoms with Gasteiger partial charge in [-0.15, -0.1) is 0 Å². The van der Waals surface area contributed by atoms with Crippen LogP contribution in [0.25, 0.3) is 0 Å². The first-order valence-corrected chi connectivity index (χ1v) is 7.02. The maximum absolute atomic E-state index is 13.1. The molecule has 0 spiro atoms. The summed E-state index contributed by atoms with van der Waals surface area (Å²) >= 11 is 5.65. The Morgan fingerprint density at radius 1 is 1.38 bits per heavy atom. The van der Waals surface area contributed by atoms with Crippen molar-refractivity contribution in [2.75, 3.05) is 11.4 Å². The van der Waals surface area contributed by atoms with E-state index in [1.54, 1.807) is 0 Å². The molecule has 1 fully saturated rings. The standard InChI is InChI=1S/C14H16ClF3N2O/c1-8(2)19-11-5-6-20(13(11)21)12-4-3-9(15)7-10(12)14(16,17)18/h3-4,7-8,11,19H,5-6H2,1-2H3. The molecule has 1 N–H and O–H groups in total. The Kier molecular flexibility index (Phi) is 4.49. The number of alkyl halides is 3. The van der Waals surface area contributed by atoms with Crippen molar-refractivity contribution in [3.63, 3.8) is 0 Å². The smallest absolute Gasteiger partial charge is 0.310 e. The Hall–Kier alpha value is -1.27. The number of carbonyl (C=O) groups is 1. The fourth-order valence-corrected chi connectivity index (χ4v) is 2.62. The molecule has 21 heavy (non-hydrogen) atoms. The van der Waals surface area contributed by atoms with Gasteiger partial charge in [0.1, 0.15) is 0 Å². The van der Waals surface area contributed by atoms with E-state index in [9.17, 15) is 18.0 Å². The highest BCUT2D eigenvalue weighted by molar-refractivity contribution is 6.30. The number of hydrogen-bond acceptors (Lipinski definition) is 2. The van der Waals surface area contributed by atoms with E-state index >= 15 is 0 Å². The largest absolute Gasteiger partial charge is 0.418 e. The number of anilines is 1. The van der Waals surface area contributed by atoms with Crippen LogP contribution in [0.1, 0.15) is 25.8 Å². The van der Waals surface area contributed by atoms with Gasteiger partial charge in [0.2, 0.25) is 5.91 Å². The van der Waals surface area contributed by atoms with Crippen molar-refractivity contribution >= 4 is 23.2 Å². The second-order valence-electron chi connectivity index (χ2n) is 5.31. The Balaban J connectivity index is 2.33. The lowest BCUT2D eigenvalue weighted by atomic mass is 10.1. The van der Waals surface area contributed by atoms with E-state index in [4.69, 9.17) is 11.6 Å². The molecular weight excluding hydrogens is 305 g/mol. The van der Waals surface area contributed by atoms with Crippen LogP contribution in [0.3, 0.4) is 0 Å². The lowest BCUT2D eigenvalue weighted by molar-refractivity contribution is -0.137. The predicted octanol–water partition coefficient (Wildman–Crippen LogP) is 3.46. The van der Waals surface area contributed by atoms with Crippen molar-refractivity contribution in [1.29, 1.82) is 0 Å². The third kappa shape index (κ3) is 3.49. The summed E-state index contributed by atoms with van der Waals surface area (Å²) in [5.41, 5.74) is -1.02. The van der Waals surface area contributed by atoms with E-state index in [1.807, 2.05) is 13.8 Å². The number of benzene rings is 1. The molecule has 1 aliphatic heterocycles. The van der Waals surface area contributed by atoms with E-state index in [2.05, 4.69) is 5.32 Å². The fourth-order valence-electron chi connectivity index (χ4n) is 2.45. The van der Waals surface area contributed by atoms with Crippen LogP contribution in [0.4, 0.5) is 18.9 Å². The minimum atomic E-state index is -4.55. The monoisotopic (exact) mass is 320 g/mol. The summed E-state index contributed by atoms with van der Waals surface area (Å²) in [5, 5.41) is 3.06. The molecule has 7 heteroatoms. The molecule has 0 saturated carbocycles. The first-order chi connectivity index (χ1) is 9.70. The van der Waals surface area contributed by atoms with Gasteiger partial charge in [0.05, 0.1) is 17.3 Å². The summed E-state index contributed by atoms with van der Waals surface area (Å²) in [6, 6.07) is 3.12. The lowest BCUT2D eigenvalue weighted by Gasteiger charge is -2.22. The minimum absolute atomic E-state index is 0.00502. The highest BCUT2D eigenvalue weighted by atomic mass is 35.5. The average Bonchev–Trinajstić information content (AvgIpc) is 2.69. The van der Waals surface area contributed by atoms with Crippen LogP contribution in [0.5, 0.6) is 0 Å². The summed E-state index contributed by atoms with van der Waals surface area (Å²) < 4.78 is 39.3. The molecule has 1 saturated heterocycles. The molecule has 1 aromatic rings. The number of rotatable bonds is 3. The number of amides is 1. The highest BCUT2D eigenvalue weighted by Crippen LogP contribution is 2.39. The SMILES string of the molecule is CC(C)NC1CCN(c2ccc(Cl)cc2C(F)(F)F)C1=O. The van der Waals surface area contributed by atoms with E-state index < -0.39 is 17.8 Å². The molecule has 116 valence electrons. The van der Waals surface area contributed by atoms with Gasteiger partial charge in [-0.25, -0.2) is 0 Å². The minimum Gasteiger partial charge on any atom is -0.310 e. The maximum Gasteiger partial charge on any atom is 0.418 e. The molecule has 1 amide bonds. The van der Waals surface area contributed by atoms with Gasteiger partial charge < -0.3 is 10.2 Å². The van der Waals surface area contributed by atoms with Gasteiger partial charge in [-0.05, 0) is 24.6 Å². The molecule has 0 aromatic heterocycles. The molecule has 1 unspecified atom stereocenters. The average molecular weight is 321 g/mol. The van der Waals surface area contributed by atoms with Gasteiger partial charge >= 0.3 is 6.18 Å². The number of halogens is 4. The molecule has 1 heterocycles. The molecule has 1 aliphatic rings. The number of nitrogens with zero attached hydrogens (tertiary/aromatic N) is 1. The number of nitrogens with one attached hydrogen (secondary N) is 1. The number of carbonyl (C=O) groups excluding carboxylic acids is 1. The molecule has 0 aliphatic carbocycles. The normalized spacial score (nSPS) is 19.7. The van der Waals surface area contributed by atoms with Crippen molar-refractivity contribution in [3.8, 4) is 0 Å². The zero-order valence-electron chi connectivity index (χ0n) is 11.7. The third-order valence-corrected chi connectivity index (χ3v) is 3.53. The Morgan fingerprint density at radius 3 is 2.62 bits per heavy atom. The Morgan fingerprint density at radius 2 is 2.05 bits per heavy atom. The summed E-state index contributed by atoms with van der Waals surface area (Å²) in [6.07, 6.45) is -4.07. The van der Waals surface area contributed by atoms with Crippen LogP contribution >= 0.6 is 11.6 Å². The molecule has 0 bridgehead atoms. The summed E-state index contributed by atoms with van der Waals surface area (Å²) in [5.74, 6) is -0.337. The maximum atomic E-state index is 13.1. The van der Waals surface area contributed by atoms with Crippen LogP contribution in [-0.2, 0) is 11.0 Å². The lowest BCUT2D eigenvalue weighted by Crippen LogP contribution is -2.41. The van der Waals surface area contributed by atoms with E-state index in [-0.39, 0.29) is 29.2 Å². The van der Waals surface area contributed by atoms with E-state index in [0.717, 1.165) is 6.07 Å². The van der Waals surface area contributed by atoms with Gasteiger partial charge in [-0.3, -0.25) is 4.79 Å². The Bertz CT molecular complexity index is 546. The summed E-state index contributed by atoms with van der Waals surface area (Å²) in [7, 11) is 0. The second-order valence-corrected chi connectivity index (χ2v) is 5.75. The van der Waals surface area contributed by atoms with Crippen LogP contribution < -0.4 is 10.2 Å². The van der Waals surface area contributed by atoms with Gasteiger partial charge in [0, 0.05) is 17.6 Å². The van der Waals surface area contributed by atoms with Crippen molar-refractivity contribution in [2.24, 2.45) is 0 Å². The number of hydrogen-bond donors (Lipinski definition) is 1. The van der Waals surface area contributed by atoms with Gasteiger partial charge in [-0.2, -0.15) is 13.2 Å². The molecule has 3 nitrogen and oxygen atoms in total. The summed E-state index contributed by atoms with van der Waals surface area (Å²) in [6.45, 7) is 4.03. The van der Waals surface area contributed by atoms with Gasteiger partial charge in [0.25, 0.3) is 0 Å². The predicted molar refractivity (Wildman–Crippen MR) is 75.5 cm³/mol. The molecule has 1 aromatic carbocycles. The molecule has 0 radical (unpaired) electrons. The van der Waals surface area contributed by atoms with Crippen LogP contribution in [0.15, 0.2) is 18.2 Å². The highest BCUT2D eigenvalue weighted by Gasteiger charge is 2.40. The zero-order chi connectivity index (χ0) is 15.8. The first-order valence-electron chi connectivity index (χ1n) is 6.64. The van der Waals surface area contributed by atoms with Crippen LogP contribution in [-0.4, -0.2) is 24.5 Å². The first kappa shape index (κ1) is 16.1. The molecular formula is C14H16ClF3N2O. The van der Waals surface area contributed by atoms with Crippen molar-refractivity contribution in [1.82, 2.24) is 5.32 Å². The second kappa shape index (κ2) is 5.85. The Labute approximate surface area is 126 Å². The molecule has 2 rings (SSSR count). The van der Waals surface area contributed by atoms with E-state index in [1.165, 1.54) is 17.0 Å². The van der Waals surface area contributed by atoms with Crippen LogP contribution in [0, 0.1) is 0 Å². The van der Waals surface area contributed by atoms with Gasteiger partial charge in [0.15, 0.2) is 0 Å². The molecule has 1 atom stereocenters. The third-order valence-electron chi connectivity index (χ3n) is 3.29. The van der Waals surface area contributed by atoms with Crippen molar-refractivity contribution < 1.29 is 18.0 Å².